The van der Waals surface area contributed by atoms with E-state index in [4.69, 9.17) is 19.2 Å². The summed E-state index contributed by atoms with van der Waals surface area (Å²) in [5, 5.41) is 0. The van der Waals surface area contributed by atoms with Crippen LogP contribution in [-0.4, -0.2) is 34.5 Å². The monoisotopic (exact) mass is 420 g/mol. The van der Waals surface area contributed by atoms with Crippen molar-refractivity contribution in [3.05, 3.63) is 0 Å². The lowest BCUT2D eigenvalue weighted by Crippen LogP contribution is -2.07. The minimum atomic E-state index is -4.26. The first-order chi connectivity index (χ1) is 12.1. The van der Waals surface area contributed by atoms with Gasteiger partial charge in [-0.3, -0.25) is 13.6 Å². The molecule has 0 aliphatic heterocycles. The number of hydrogen-bond donors (Lipinski definition) is 3. The predicted molar refractivity (Wildman–Crippen MR) is 103 cm³/mol. The topological polar surface area (TPSA) is 123 Å². The second-order valence-corrected chi connectivity index (χ2v) is 8.68. The van der Waals surface area contributed by atoms with Crippen LogP contribution in [0.25, 0.3) is 0 Å². The van der Waals surface area contributed by atoms with Gasteiger partial charge in [0.2, 0.25) is 0 Å². The van der Waals surface area contributed by atoms with Crippen molar-refractivity contribution >= 4 is 15.6 Å². The Kier molecular flexibility index (Phi) is 18.9. The Morgan fingerprint density at radius 2 is 1.42 bits per heavy atom. The van der Waals surface area contributed by atoms with Gasteiger partial charge in [0.05, 0.1) is 19.8 Å². The molecule has 0 aromatic heterocycles. The summed E-state index contributed by atoms with van der Waals surface area (Å²) in [6.45, 7) is 8.53. The number of phosphoric acid groups is 2. The molecule has 0 aromatic carbocycles. The third-order valence-electron chi connectivity index (χ3n) is 3.57. The van der Waals surface area contributed by atoms with E-state index in [0.29, 0.717) is 6.61 Å². The Labute approximate surface area is 158 Å². The minimum Gasteiger partial charge on any atom is -0.303 e. The minimum absolute atomic E-state index is 0.167. The van der Waals surface area contributed by atoms with Gasteiger partial charge >= 0.3 is 15.6 Å². The maximum atomic E-state index is 11.0. The van der Waals surface area contributed by atoms with E-state index in [1.165, 1.54) is 0 Å². The summed E-state index contributed by atoms with van der Waals surface area (Å²) in [7, 11) is -8.01. The van der Waals surface area contributed by atoms with Gasteiger partial charge in [-0.05, 0) is 25.7 Å². The SMILES string of the molecule is CCCCC(CC)COP(=O)(O)O.CCCCCCOP(=O)(O)OCC. The van der Waals surface area contributed by atoms with E-state index in [0.717, 1.165) is 51.4 Å². The average Bonchev–Trinajstić information content (AvgIpc) is 2.54. The molecule has 2 atom stereocenters. The molecule has 0 spiro atoms. The number of hydrogen-bond acceptors (Lipinski definition) is 5. The van der Waals surface area contributed by atoms with Crippen LogP contribution in [0.3, 0.4) is 0 Å². The number of rotatable bonds is 15. The molecule has 8 nitrogen and oxygen atoms in total. The van der Waals surface area contributed by atoms with Crippen LogP contribution in [0.2, 0.25) is 0 Å². The molecule has 0 rings (SSSR count). The van der Waals surface area contributed by atoms with Crippen LogP contribution in [-0.2, 0) is 22.7 Å². The van der Waals surface area contributed by atoms with Crippen molar-refractivity contribution in [2.75, 3.05) is 19.8 Å². The van der Waals surface area contributed by atoms with Gasteiger partial charge in [0, 0.05) is 0 Å². The summed E-state index contributed by atoms with van der Waals surface area (Å²) in [6, 6.07) is 0. The van der Waals surface area contributed by atoms with E-state index in [9.17, 15) is 9.13 Å². The highest BCUT2D eigenvalue weighted by atomic mass is 31.2. The number of unbranched alkanes of at least 4 members (excludes halogenated alkanes) is 4. The van der Waals surface area contributed by atoms with Crippen LogP contribution in [0.5, 0.6) is 0 Å². The van der Waals surface area contributed by atoms with Crippen LogP contribution in [0.1, 0.15) is 79.1 Å². The fraction of sp³-hybridized carbons (Fsp3) is 1.00. The second-order valence-electron chi connectivity index (χ2n) is 5.98. The van der Waals surface area contributed by atoms with E-state index in [2.05, 4.69) is 22.9 Å². The van der Waals surface area contributed by atoms with Crippen molar-refractivity contribution in [3.63, 3.8) is 0 Å². The maximum absolute atomic E-state index is 11.0. The van der Waals surface area contributed by atoms with Crippen LogP contribution in [0.4, 0.5) is 0 Å². The highest BCUT2D eigenvalue weighted by molar-refractivity contribution is 7.47. The average molecular weight is 420 g/mol. The van der Waals surface area contributed by atoms with E-state index in [-0.39, 0.29) is 19.1 Å². The third-order valence-corrected chi connectivity index (χ3v) is 5.15. The molecule has 2 unspecified atom stereocenters. The van der Waals surface area contributed by atoms with Crippen molar-refractivity contribution in [2.24, 2.45) is 5.92 Å². The molecule has 0 amide bonds. The smallest absolute Gasteiger partial charge is 0.303 e. The Morgan fingerprint density at radius 1 is 0.808 bits per heavy atom. The summed E-state index contributed by atoms with van der Waals surface area (Å²) in [6.07, 6.45) is 8.19. The molecule has 0 heterocycles. The van der Waals surface area contributed by atoms with E-state index < -0.39 is 15.6 Å². The lowest BCUT2D eigenvalue weighted by atomic mass is 10.0. The first kappa shape index (κ1) is 28.4. The van der Waals surface area contributed by atoms with Crippen molar-refractivity contribution in [3.8, 4) is 0 Å². The van der Waals surface area contributed by atoms with Gasteiger partial charge in [-0.2, -0.15) is 0 Å². The molecule has 0 aromatic rings. The quantitative estimate of drug-likeness (QED) is 0.249. The zero-order valence-electron chi connectivity index (χ0n) is 16.6. The Hall–Kier alpha value is 0.220. The predicted octanol–water partition coefficient (Wildman–Crippen LogP) is 5.03. The Bertz CT molecular complexity index is 400. The highest BCUT2D eigenvalue weighted by Gasteiger charge is 2.19. The molecule has 0 bridgehead atoms. The van der Waals surface area contributed by atoms with Crippen LogP contribution < -0.4 is 0 Å². The van der Waals surface area contributed by atoms with Gasteiger partial charge in [-0.1, -0.05) is 59.3 Å². The fourth-order valence-electron chi connectivity index (χ4n) is 2.01. The summed E-state index contributed by atoms with van der Waals surface area (Å²) in [5.41, 5.74) is 0. The summed E-state index contributed by atoms with van der Waals surface area (Å²) in [4.78, 5) is 25.9. The Balaban J connectivity index is 0. The van der Waals surface area contributed by atoms with Crippen LogP contribution in [0, 0.1) is 5.92 Å². The molecule has 0 fully saturated rings. The molecular weight excluding hydrogens is 382 g/mol. The van der Waals surface area contributed by atoms with E-state index in [1.807, 2.05) is 6.92 Å². The summed E-state index contributed by atoms with van der Waals surface area (Å²) in [5.74, 6) is 0.271. The van der Waals surface area contributed by atoms with Gasteiger partial charge < -0.3 is 14.7 Å². The van der Waals surface area contributed by atoms with Crippen molar-refractivity contribution in [2.45, 2.75) is 79.1 Å². The molecule has 0 radical (unpaired) electrons. The molecular formula is C16H38O8P2. The van der Waals surface area contributed by atoms with E-state index in [1.54, 1.807) is 6.92 Å². The Morgan fingerprint density at radius 3 is 1.88 bits per heavy atom. The lowest BCUT2D eigenvalue weighted by molar-refractivity contribution is 0.152. The standard InChI is InChI=1S/2C8H19O4P/c1-3-5-6-8(4-2)7-12-13(9,10)11;1-3-5-6-7-8-12-13(9,10)11-4-2/h8H,3-7H2,1-2H3,(H2,9,10,11);3-8H2,1-2H3,(H,9,10). The maximum Gasteiger partial charge on any atom is 0.472 e. The first-order valence-corrected chi connectivity index (χ1v) is 12.5. The van der Waals surface area contributed by atoms with Gasteiger partial charge in [-0.25, -0.2) is 9.13 Å². The van der Waals surface area contributed by atoms with Gasteiger partial charge in [-0.15, -0.1) is 0 Å². The van der Waals surface area contributed by atoms with Gasteiger partial charge in [0.25, 0.3) is 0 Å². The molecule has 0 saturated carbocycles. The summed E-state index contributed by atoms with van der Waals surface area (Å²) < 4.78 is 35.0. The van der Waals surface area contributed by atoms with Crippen LogP contribution in [0.15, 0.2) is 0 Å². The normalized spacial score (nSPS) is 15.0. The second kappa shape index (κ2) is 17.3. The first-order valence-electron chi connectivity index (χ1n) is 9.43. The fourth-order valence-corrected chi connectivity index (χ4v) is 3.18. The molecule has 0 aliphatic carbocycles. The molecule has 3 N–H and O–H groups in total. The zero-order valence-corrected chi connectivity index (χ0v) is 18.4. The molecule has 0 saturated heterocycles. The van der Waals surface area contributed by atoms with Gasteiger partial charge in [0.1, 0.15) is 0 Å². The van der Waals surface area contributed by atoms with Gasteiger partial charge in [0.15, 0.2) is 0 Å². The van der Waals surface area contributed by atoms with Crippen molar-refractivity contribution in [1.82, 2.24) is 0 Å². The molecule has 26 heavy (non-hydrogen) atoms. The molecule has 160 valence electrons. The van der Waals surface area contributed by atoms with Crippen molar-refractivity contribution in [1.29, 1.82) is 0 Å². The summed E-state index contributed by atoms with van der Waals surface area (Å²) >= 11 is 0. The molecule has 0 aliphatic rings. The highest BCUT2D eigenvalue weighted by Crippen LogP contribution is 2.42. The zero-order chi connectivity index (χ0) is 20.5. The van der Waals surface area contributed by atoms with Crippen molar-refractivity contribution < 1.29 is 37.4 Å². The lowest BCUT2D eigenvalue weighted by Gasteiger charge is -2.14. The molecule has 10 heteroatoms. The largest absolute Gasteiger partial charge is 0.472 e. The number of phosphoric ester groups is 2. The van der Waals surface area contributed by atoms with Crippen LogP contribution >= 0.6 is 15.6 Å². The van der Waals surface area contributed by atoms with E-state index >= 15 is 0 Å². The third kappa shape index (κ3) is 22.3.